The van der Waals surface area contributed by atoms with Crippen molar-refractivity contribution in [3.05, 3.63) is 10.1 Å². The molecular weight excluding hydrogens is 212 g/mol. The quantitative estimate of drug-likeness (QED) is 0.432. The number of epoxide rings is 1. The van der Waals surface area contributed by atoms with Crippen molar-refractivity contribution < 1.29 is 14.5 Å². The van der Waals surface area contributed by atoms with Crippen LogP contribution in [0, 0.1) is 10.1 Å². The Morgan fingerprint density at radius 3 is 2.38 bits per heavy atom. The largest absolute Gasteiger partial charge is 0.359 e. The maximum Gasteiger partial charge on any atom is 0.252 e. The smallest absolute Gasteiger partial charge is 0.252 e. The van der Waals surface area contributed by atoms with Gasteiger partial charge in [-0.1, -0.05) is 0 Å². The Bertz CT molecular complexity index is 299. The third-order valence-corrected chi connectivity index (χ3v) is 3.31. The molecule has 90 valence electrons. The summed E-state index contributed by atoms with van der Waals surface area (Å²) in [5.74, 6) is -0.0722. The van der Waals surface area contributed by atoms with Crippen molar-refractivity contribution in [1.82, 2.24) is 5.32 Å². The Labute approximate surface area is 93.5 Å². The fourth-order valence-corrected chi connectivity index (χ4v) is 2.18. The second-order valence-corrected chi connectivity index (χ2v) is 4.56. The topological polar surface area (TPSA) is 84.8 Å². The molecule has 6 nitrogen and oxygen atoms in total. The predicted octanol–water partition coefficient (Wildman–Crippen LogP) is 0.478. The molecule has 0 aromatic carbocycles. The van der Waals surface area contributed by atoms with Gasteiger partial charge in [0.05, 0.1) is 6.10 Å². The molecule has 1 N–H and O–H groups in total. The minimum atomic E-state index is -0.427. The molecule has 2 fully saturated rings. The summed E-state index contributed by atoms with van der Waals surface area (Å²) in [6.07, 6.45) is 2.22. The van der Waals surface area contributed by atoms with Gasteiger partial charge in [-0.25, -0.2) is 0 Å². The van der Waals surface area contributed by atoms with Crippen LogP contribution in [0.5, 0.6) is 0 Å². The van der Waals surface area contributed by atoms with Crippen LogP contribution in [0.2, 0.25) is 0 Å². The van der Waals surface area contributed by atoms with Crippen molar-refractivity contribution >= 4 is 5.91 Å². The van der Waals surface area contributed by atoms with Gasteiger partial charge in [0.2, 0.25) is 6.04 Å². The van der Waals surface area contributed by atoms with Gasteiger partial charge in [-0.05, 0) is 19.8 Å². The van der Waals surface area contributed by atoms with Gasteiger partial charge in [0, 0.05) is 23.8 Å². The van der Waals surface area contributed by atoms with Gasteiger partial charge < -0.3 is 10.1 Å². The van der Waals surface area contributed by atoms with E-state index in [9.17, 15) is 14.9 Å². The summed E-state index contributed by atoms with van der Waals surface area (Å²) in [5, 5.41) is 13.4. The van der Waals surface area contributed by atoms with E-state index in [1.807, 2.05) is 6.92 Å². The number of hydrogen-bond acceptors (Lipinski definition) is 4. The number of nitrogens with one attached hydrogen (secondary N) is 1. The zero-order valence-corrected chi connectivity index (χ0v) is 9.22. The van der Waals surface area contributed by atoms with E-state index in [1.165, 1.54) is 0 Å². The molecule has 2 rings (SSSR count). The molecule has 16 heavy (non-hydrogen) atoms. The molecule has 1 saturated heterocycles. The minimum Gasteiger partial charge on any atom is -0.359 e. The summed E-state index contributed by atoms with van der Waals surface area (Å²) in [4.78, 5) is 21.9. The van der Waals surface area contributed by atoms with Crippen molar-refractivity contribution in [2.75, 3.05) is 0 Å². The first-order valence-corrected chi connectivity index (χ1v) is 5.67. The van der Waals surface area contributed by atoms with E-state index < -0.39 is 6.04 Å². The predicted molar refractivity (Wildman–Crippen MR) is 55.5 cm³/mol. The molecule has 0 aromatic heterocycles. The fourth-order valence-electron chi connectivity index (χ4n) is 2.18. The summed E-state index contributed by atoms with van der Waals surface area (Å²) in [6, 6.07) is -0.343. The van der Waals surface area contributed by atoms with Crippen LogP contribution in [0.1, 0.15) is 32.6 Å². The number of nitro groups is 1. The summed E-state index contributed by atoms with van der Waals surface area (Å²) in [7, 11) is 0. The maximum atomic E-state index is 11.5. The van der Waals surface area contributed by atoms with Gasteiger partial charge in [0.25, 0.3) is 5.91 Å². The van der Waals surface area contributed by atoms with Crippen molar-refractivity contribution in [3.8, 4) is 0 Å². The molecule has 0 radical (unpaired) electrons. The highest BCUT2D eigenvalue weighted by molar-refractivity contribution is 5.83. The monoisotopic (exact) mass is 228 g/mol. The molecule has 1 heterocycles. The van der Waals surface area contributed by atoms with Crippen LogP contribution < -0.4 is 5.32 Å². The molecule has 1 amide bonds. The molecule has 2 aliphatic rings. The van der Waals surface area contributed by atoms with Crippen LogP contribution in [-0.4, -0.2) is 35.1 Å². The average Bonchev–Trinajstić information content (AvgIpc) is 2.96. The lowest BCUT2D eigenvalue weighted by atomic mass is 9.91. The van der Waals surface area contributed by atoms with Gasteiger partial charge in [0.15, 0.2) is 6.10 Å². The standard InChI is InChI=1S/C10H16N2O4/c1-6-9(16-6)10(13)11-7-2-4-8(5-3-7)12(14)15/h6-9H,2-5H2,1H3,(H,11,13)/t6-,7?,8?,9+/m0/s1. The highest BCUT2D eigenvalue weighted by Gasteiger charge is 2.42. The minimum absolute atomic E-state index is 0.0233. The van der Waals surface area contributed by atoms with Gasteiger partial charge in [-0.15, -0.1) is 0 Å². The zero-order chi connectivity index (χ0) is 11.7. The van der Waals surface area contributed by atoms with Crippen LogP contribution in [0.25, 0.3) is 0 Å². The lowest BCUT2D eigenvalue weighted by Crippen LogP contribution is -2.42. The van der Waals surface area contributed by atoms with E-state index >= 15 is 0 Å². The van der Waals surface area contributed by atoms with E-state index in [4.69, 9.17) is 4.74 Å². The Morgan fingerprint density at radius 2 is 1.94 bits per heavy atom. The van der Waals surface area contributed by atoms with Gasteiger partial charge in [-0.3, -0.25) is 14.9 Å². The van der Waals surface area contributed by atoms with Crippen LogP contribution in [0.4, 0.5) is 0 Å². The molecule has 0 unspecified atom stereocenters. The van der Waals surface area contributed by atoms with Crippen LogP contribution in [-0.2, 0) is 9.53 Å². The molecule has 6 heteroatoms. The highest BCUT2D eigenvalue weighted by Crippen LogP contribution is 2.24. The van der Waals surface area contributed by atoms with E-state index in [0.29, 0.717) is 25.7 Å². The molecule has 0 bridgehead atoms. The molecule has 0 spiro atoms. The fraction of sp³-hybridized carbons (Fsp3) is 0.900. The average molecular weight is 228 g/mol. The summed E-state index contributed by atoms with van der Waals surface area (Å²) < 4.78 is 5.06. The first-order chi connectivity index (χ1) is 7.58. The number of amides is 1. The summed E-state index contributed by atoms with van der Waals surface area (Å²) in [6.45, 7) is 1.86. The maximum absolute atomic E-state index is 11.5. The molecule has 1 aliphatic heterocycles. The Kier molecular flexibility index (Phi) is 3.09. The Balaban J connectivity index is 1.73. The first-order valence-electron chi connectivity index (χ1n) is 5.67. The number of carbonyl (C=O) groups is 1. The molecule has 1 aliphatic carbocycles. The van der Waals surface area contributed by atoms with E-state index in [0.717, 1.165) is 0 Å². The van der Waals surface area contributed by atoms with Gasteiger partial charge in [-0.2, -0.15) is 0 Å². The number of nitrogens with zero attached hydrogens (tertiary/aromatic N) is 1. The van der Waals surface area contributed by atoms with Crippen molar-refractivity contribution in [3.63, 3.8) is 0 Å². The van der Waals surface area contributed by atoms with Crippen LogP contribution in [0.3, 0.4) is 0 Å². The SMILES string of the molecule is C[C@@H]1O[C@H]1C(=O)NC1CCC([N+](=O)[O-])CC1. The van der Waals surface area contributed by atoms with Gasteiger partial charge in [0.1, 0.15) is 0 Å². The van der Waals surface area contributed by atoms with Crippen LogP contribution >= 0.6 is 0 Å². The van der Waals surface area contributed by atoms with E-state index in [-0.39, 0.29) is 29.1 Å². The van der Waals surface area contributed by atoms with Crippen molar-refractivity contribution in [2.45, 2.75) is 56.9 Å². The molecule has 1 saturated carbocycles. The number of hydrogen-bond donors (Lipinski definition) is 1. The third-order valence-electron chi connectivity index (χ3n) is 3.31. The lowest BCUT2D eigenvalue weighted by molar-refractivity contribution is -0.526. The number of ether oxygens (including phenoxy) is 1. The normalized spacial score (nSPS) is 37.8. The Hall–Kier alpha value is -1.17. The second-order valence-electron chi connectivity index (χ2n) is 4.56. The molecule has 2 atom stereocenters. The zero-order valence-electron chi connectivity index (χ0n) is 9.22. The van der Waals surface area contributed by atoms with E-state index in [1.54, 1.807) is 0 Å². The van der Waals surface area contributed by atoms with Crippen molar-refractivity contribution in [2.24, 2.45) is 0 Å². The van der Waals surface area contributed by atoms with E-state index in [2.05, 4.69) is 5.32 Å². The first kappa shape index (κ1) is 11.3. The van der Waals surface area contributed by atoms with Crippen LogP contribution in [0.15, 0.2) is 0 Å². The summed E-state index contributed by atoms with van der Waals surface area (Å²) in [5.41, 5.74) is 0. The lowest BCUT2D eigenvalue weighted by Gasteiger charge is -2.24. The second kappa shape index (κ2) is 4.37. The Morgan fingerprint density at radius 1 is 1.38 bits per heavy atom. The summed E-state index contributed by atoms with van der Waals surface area (Å²) >= 11 is 0. The third kappa shape index (κ3) is 2.49. The number of carbonyl (C=O) groups excluding carboxylic acids is 1. The number of rotatable bonds is 3. The van der Waals surface area contributed by atoms with Gasteiger partial charge >= 0.3 is 0 Å². The van der Waals surface area contributed by atoms with Crippen molar-refractivity contribution in [1.29, 1.82) is 0 Å². The molecule has 0 aromatic rings. The molecular formula is C10H16N2O4. The highest BCUT2D eigenvalue weighted by atomic mass is 16.6.